The lowest BCUT2D eigenvalue weighted by Gasteiger charge is -2.33. The third kappa shape index (κ3) is 2.89. The molecule has 24 heavy (non-hydrogen) atoms. The van der Waals surface area contributed by atoms with Crippen LogP contribution in [-0.2, 0) is 0 Å². The quantitative estimate of drug-likeness (QED) is 0.826. The summed E-state index contributed by atoms with van der Waals surface area (Å²) >= 11 is 0. The number of hydrogen-bond donors (Lipinski definition) is 1. The number of pyridine rings is 1. The van der Waals surface area contributed by atoms with Crippen molar-refractivity contribution in [2.75, 3.05) is 13.1 Å². The van der Waals surface area contributed by atoms with E-state index >= 15 is 0 Å². The number of alkyl halides is 6. The summed E-state index contributed by atoms with van der Waals surface area (Å²) in [5.41, 5.74) is 0.590. The molecule has 0 aliphatic carbocycles. The molecular formula is C13H11F6N3O2. The molecule has 0 unspecified atom stereocenters. The number of nitrogens with two attached hydrogens (primary N) is 1. The topological polar surface area (TPSA) is 76.3 Å². The van der Waals surface area contributed by atoms with Crippen molar-refractivity contribution in [1.29, 1.82) is 0 Å². The van der Waals surface area contributed by atoms with Gasteiger partial charge in [0.05, 0.1) is 5.56 Å². The van der Waals surface area contributed by atoms with Gasteiger partial charge >= 0.3 is 12.4 Å². The maximum absolute atomic E-state index is 13.0. The van der Waals surface area contributed by atoms with Crippen LogP contribution >= 0.6 is 0 Å². The number of aromatic nitrogens is 1. The van der Waals surface area contributed by atoms with E-state index in [1.165, 1.54) is 0 Å². The predicted molar refractivity (Wildman–Crippen MR) is 67.8 cm³/mol. The molecule has 1 aliphatic heterocycles. The molecule has 0 saturated carbocycles. The van der Waals surface area contributed by atoms with Crippen molar-refractivity contribution in [3.8, 4) is 0 Å². The molecule has 2 rings (SSSR count). The average Bonchev–Trinajstić information content (AvgIpc) is 2.92. The molecule has 11 heteroatoms. The van der Waals surface area contributed by atoms with Gasteiger partial charge in [-0.3, -0.25) is 14.6 Å². The van der Waals surface area contributed by atoms with Gasteiger partial charge in [-0.2, -0.15) is 26.3 Å². The van der Waals surface area contributed by atoms with Crippen molar-refractivity contribution < 1.29 is 35.9 Å². The third-order valence-corrected chi connectivity index (χ3v) is 3.91. The van der Waals surface area contributed by atoms with Crippen LogP contribution in [0.25, 0.3) is 0 Å². The van der Waals surface area contributed by atoms with Gasteiger partial charge in [-0.25, -0.2) is 0 Å². The zero-order valence-corrected chi connectivity index (χ0v) is 11.9. The Morgan fingerprint density at radius 2 is 1.71 bits per heavy atom. The van der Waals surface area contributed by atoms with Gasteiger partial charge in [0.15, 0.2) is 5.41 Å². The summed E-state index contributed by atoms with van der Waals surface area (Å²) in [7, 11) is 0. The molecule has 1 aromatic rings. The Labute approximate surface area is 131 Å². The number of carbonyl (C=O) groups excluding carboxylic acids is 2. The van der Waals surface area contributed by atoms with Crippen LogP contribution < -0.4 is 5.73 Å². The third-order valence-electron chi connectivity index (χ3n) is 3.91. The highest BCUT2D eigenvalue weighted by Crippen LogP contribution is 2.55. The highest BCUT2D eigenvalue weighted by atomic mass is 19.4. The Balaban J connectivity index is 2.26. The minimum Gasteiger partial charge on any atom is -0.366 e. The maximum Gasteiger partial charge on any atom is 0.404 e. The van der Waals surface area contributed by atoms with Crippen LogP contribution in [0.5, 0.6) is 0 Å². The van der Waals surface area contributed by atoms with Crippen molar-refractivity contribution in [2.24, 2.45) is 11.1 Å². The van der Waals surface area contributed by atoms with Crippen LogP contribution in [0, 0.1) is 5.41 Å². The molecule has 0 spiro atoms. The van der Waals surface area contributed by atoms with Crippen molar-refractivity contribution in [2.45, 2.75) is 18.8 Å². The van der Waals surface area contributed by atoms with Crippen LogP contribution in [0.1, 0.15) is 27.3 Å². The first-order chi connectivity index (χ1) is 10.9. The fourth-order valence-electron chi connectivity index (χ4n) is 2.43. The highest BCUT2D eigenvalue weighted by molar-refractivity contribution is 5.95. The molecule has 0 bridgehead atoms. The Hall–Kier alpha value is -2.33. The largest absolute Gasteiger partial charge is 0.404 e. The number of carbonyl (C=O) groups is 2. The fraction of sp³-hybridized carbons (Fsp3) is 0.462. The Kier molecular flexibility index (Phi) is 4.23. The first kappa shape index (κ1) is 18.0. The molecule has 132 valence electrons. The molecule has 5 nitrogen and oxygen atoms in total. The minimum absolute atomic E-state index is 0.0482. The maximum atomic E-state index is 13.0. The van der Waals surface area contributed by atoms with Gasteiger partial charge in [-0.15, -0.1) is 0 Å². The molecule has 2 heterocycles. The van der Waals surface area contributed by atoms with E-state index in [1.54, 1.807) is 0 Å². The van der Waals surface area contributed by atoms with E-state index in [0.29, 0.717) is 4.90 Å². The summed E-state index contributed by atoms with van der Waals surface area (Å²) in [5, 5.41) is 0. The zero-order valence-electron chi connectivity index (χ0n) is 11.9. The first-order valence-electron chi connectivity index (χ1n) is 6.58. The van der Waals surface area contributed by atoms with Crippen molar-refractivity contribution in [1.82, 2.24) is 9.88 Å². The van der Waals surface area contributed by atoms with Crippen molar-refractivity contribution in [3.63, 3.8) is 0 Å². The van der Waals surface area contributed by atoms with Gasteiger partial charge < -0.3 is 10.6 Å². The van der Waals surface area contributed by atoms with E-state index in [4.69, 9.17) is 5.73 Å². The molecule has 1 fully saturated rings. The van der Waals surface area contributed by atoms with Gasteiger partial charge in [0, 0.05) is 19.3 Å². The second-order valence-electron chi connectivity index (χ2n) is 5.35. The summed E-state index contributed by atoms with van der Waals surface area (Å²) in [4.78, 5) is 27.0. The number of nitrogens with zero attached hydrogens (tertiary/aromatic N) is 2. The summed E-state index contributed by atoms with van der Waals surface area (Å²) in [5.74, 6) is -1.92. The lowest BCUT2D eigenvalue weighted by Crippen LogP contribution is -2.52. The van der Waals surface area contributed by atoms with Crippen LogP contribution in [0.15, 0.2) is 18.3 Å². The number of rotatable bonds is 2. The van der Waals surface area contributed by atoms with Gasteiger partial charge in [0.25, 0.3) is 5.91 Å². The van der Waals surface area contributed by atoms with E-state index in [1.807, 2.05) is 0 Å². The van der Waals surface area contributed by atoms with E-state index < -0.39 is 49.1 Å². The van der Waals surface area contributed by atoms with Gasteiger partial charge in [0.1, 0.15) is 5.69 Å². The molecule has 1 aromatic heterocycles. The molecule has 0 radical (unpaired) electrons. The van der Waals surface area contributed by atoms with E-state index in [-0.39, 0.29) is 11.3 Å². The molecule has 1 saturated heterocycles. The van der Waals surface area contributed by atoms with Gasteiger partial charge in [0.2, 0.25) is 5.91 Å². The van der Waals surface area contributed by atoms with Gasteiger partial charge in [-0.1, -0.05) is 0 Å². The van der Waals surface area contributed by atoms with Crippen molar-refractivity contribution in [3.05, 3.63) is 29.6 Å². The normalized spacial score (nSPS) is 17.8. The van der Waals surface area contributed by atoms with E-state index in [9.17, 15) is 35.9 Å². The number of hydrogen-bond acceptors (Lipinski definition) is 3. The number of likely N-dealkylation sites (tertiary alicyclic amines) is 1. The lowest BCUT2D eigenvalue weighted by molar-refractivity contribution is -0.334. The second kappa shape index (κ2) is 5.64. The van der Waals surface area contributed by atoms with Gasteiger partial charge in [-0.05, 0) is 18.6 Å². The van der Waals surface area contributed by atoms with Crippen LogP contribution in [0.4, 0.5) is 26.3 Å². The summed E-state index contributed by atoms with van der Waals surface area (Å²) in [6.07, 6.45) is -11.4. The van der Waals surface area contributed by atoms with Crippen LogP contribution in [0.2, 0.25) is 0 Å². The van der Waals surface area contributed by atoms with Crippen LogP contribution in [-0.4, -0.2) is 47.1 Å². The van der Waals surface area contributed by atoms with E-state index in [2.05, 4.69) is 4.98 Å². The predicted octanol–water partition coefficient (Wildman–Crippen LogP) is 2.14. The first-order valence-corrected chi connectivity index (χ1v) is 6.58. The zero-order chi connectivity index (χ0) is 18.3. The monoisotopic (exact) mass is 355 g/mol. The number of halogens is 6. The Bertz CT molecular complexity index is 639. The molecule has 1 aliphatic rings. The number of primary amides is 1. The SMILES string of the molecule is NC(=O)c1ccc(C(=O)N2CCC(C(F)(F)F)(C(F)(F)F)C2)nc1. The lowest BCUT2D eigenvalue weighted by atomic mass is 9.85. The molecule has 2 amide bonds. The second-order valence-corrected chi connectivity index (χ2v) is 5.35. The molecular weight excluding hydrogens is 344 g/mol. The summed E-state index contributed by atoms with van der Waals surface area (Å²) in [6, 6.07) is 2.13. The molecule has 0 atom stereocenters. The standard InChI is InChI=1S/C13H11F6N3O2/c14-12(15,16)11(13(17,18)19)3-4-22(6-11)10(24)8-2-1-7(5-21-8)9(20)23/h1-2,5H,3-4,6H2,(H2,20,23). The smallest absolute Gasteiger partial charge is 0.366 e. The van der Waals surface area contributed by atoms with E-state index in [0.717, 1.165) is 18.3 Å². The fourth-order valence-corrected chi connectivity index (χ4v) is 2.43. The van der Waals surface area contributed by atoms with Crippen molar-refractivity contribution >= 4 is 11.8 Å². The Morgan fingerprint density at radius 1 is 1.12 bits per heavy atom. The van der Waals surface area contributed by atoms with Crippen LogP contribution in [0.3, 0.4) is 0 Å². The minimum atomic E-state index is -5.54. The molecule has 2 N–H and O–H groups in total. The highest BCUT2D eigenvalue weighted by Gasteiger charge is 2.72. The Morgan fingerprint density at radius 3 is 2.08 bits per heavy atom. The summed E-state index contributed by atoms with van der Waals surface area (Å²) in [6.45, 7) is -2.24. The summed E-state index contributed by atoms with van der Waals surface area (Å²) < 4.78 is 77.8. The average molecular weight is 355 g/mol. The molecule has 0 aromatic carbocycles. The number of amides is 2.